The van der Waals surface area contributed by atoms with E-state index in [1.54, 1.807) is 24.3 Å². The average Bonchev–Trinajstić information content (AvgIpc) is 2.57. The van der Waals surface area contributed by atoms with Crippen molar-refractivity contribution in [3.8, 4) is 0 Å². The average molecular weight is 394 g/mol. The Kier molecular flexibility index (Phi) is 8.87. The number of ether oxygens (including phenoxy) is 1. The van der Waals surface area contributed by atoms with Gasteiger partial charge in [0.25, 0.3) is 5.91 Å². The first-order valence-corrected chi connectivity index (χ1v) is 9.20. The van der Waals surface area contributed by atoms with E-state index in [4.69, 9.17) is 17.0 Å². The van der Waals surface area contributed by atoms with Crippen molar-refractivity contribution in [1.29, 1.82) is 0 Å². The van der Waals surface area contributed by atoms with Crippen LogP contribution >= 0.6 is 12.2 Å². The van der Waals surface area contributed by atoms with Crippen LogP contribution in [0.2, 0.25) is 0 Å². The van der Waals surface area contributed by atoms with Crippen LogP contribution in [0, 0.1) is 0 Å². The quantitative estimate of drug-likeness (QED) is 0.487. The van der Waals surface area contributed by atoms with E-state index >= 15 is 0 Å². The SMILES string of the molecule is CCCOC(=O)CCC(=O)NC(=S)Nc1ccc(C(=O)NC(C)(C)C)cc1. The van der Waals surface area contributed by atoms with Gasteiger partial charge in [-0.15, -0.1) is 0 Å². The zero-order valence-corrected chi connectivity index (χ0v) is 17.0. The minimum atomic E-state index is -0.407. The molecule has 0 bridgehead atoms. The van der Waals surface area contributed by atoms with E-state index in [2.05, 4.69) is 16.0 Å². The minimum absolute atomic E-state index is 0.00369. The van der Waals surface area contributed by atoms with Crippen molar-refractivity contribution in [3.05, 3.63) is 29.8 Å². The lowest BCUT2D eigenvalue weighted by Crippen LogP contribution is -2.40. The van der Waals surface area contributed by atoms with E-state index in [1.165, 1.54) is 0 Å². The van der Waals surface area contributed by atoms with Gasteiger partial charge in [0.05, 0.1) is 13.0 Å². The van der Waals surface area contributed by atoms with E-state index < -0.39 is 5.97 Å². The van der Waals surface area contributed by atoms with Crippen LogP contribution in [0.15, 0.2) is 24.3 Å². The Bertz CT molecular complexity index is 681. The molecule has 0 saturated carbocycles. The fraction of sp³-hybridized carbons (Fsp3) is 0.474. The minimum Gasteiger partial charge on any atom is -0.466 e. The second kappa shape index (κ2) is 10.6. The number of benzene rings is 1. The van der Waals surface area contributed by atoms with Crippen LogP contribution < -0.4 is 16.0 Å². The molecule has 0 aliphatic carbocycles. The molecule has 0 atom stereocenters. The predicted molar refractivity (Wildman–Crippen MR) is 109 cm³/mol. The first-order chi connectivity index (χ1) is 12.6. The molecule has 0 aliphatic rings. The molecule has 0 aliphatic heterocycles. The van der Waals surface area contributed by atoms with Gasteiger partial charge in [-0.05, 0) is 63.7 Å². The summed E-state index contributed by atoms with van der Waals surface area (Å²) >= 11 is 5.08. The number of esters is 1. The third-order valence-electron chi connectivity index (χ3n) is 3.17. The highest BCUT2D eigenvalue weighted by molar-refractivity contribution is 7.80. The number of rotatable bonds is 7. The molecule has 0 fully saturated rings. The first kappa shape index (κ1) is 22.6. The third kappa shape index (κ3) is 9.69. The number of carbonyl (C=O) groups is 3. The Morgan fingerprint density at radius 1 is 1.07 bits per heavy atom. The zero-order chi connectivity index (χ0) is 20.4. The Labute approximate surface area is 165 Å². The molecule has 0 radical (unpaired) electrons. The van der Waals surface area contributed by atoms with E-state index in [1.807, 2.05) is 27.7 Å². The summed E-state index contributed by atoms with van der Waals surface area (Å²) in [6.45, 7) is 7.97. The largest absolute Gasteiger partial charge is 0.466 e. The van der Waals surface area contributed by atoms with Crippen molar-refractivity contribution < 1.29 is 19.1 Å². The zero-order valence-electron chi connectivity index (χ0n) is 16.2. The molecule has 7 nitrogen and oxygen atoms in total. The molecule has 1 aromatic carbocycles. The maximum Gasteiger partial charge on any atom is 0.306 e. The topological polar surface area (TPSA) is 96.5 Å². The van der Waals surface area contributed by atoms with Crippen molar-refractivity contribution in [2.75, 3.05) is 11.9 Å². The fourth-order valence-corrected chi connectivity index (χ4v) is 2.20. The van der Waals surface area contributed by atoms with E-state index in [0.29, 0.717) is 17.9 Å². The number of hydrogen-bond acceptors (Lipinski definition) is 5. The van der Waals surface area contributed by atoms with Crippen molar-refractivity contribution in [2.45, 2.75) is 52.5 Å². The Hall–Kier alpha value is -2.48. The maximum absolute atomic E-state index is 12.1. The summed E-state index contributed by atoms with van der Waals surface area (Å²) in [5.74, 6) is -0.947. The highest BCUT2D eigenvalue weighted by Crippen LogP contribution is 2.11. The van der Waals surface area contributed by atoms with Crippen LogP contribution in [0.4, 0.5) is 5.69 Å². The van der Waals surface area contributed by atoms with Gasteiger partial charge in [0.2, 0.25) is 5.91 Å². The molecule has 148 valence electrons. The molecule has 0 spiro atoms. The Balaban J connectivity index is 2.45. The monoisotopic (exact) mass is 393 g/mol. The summed E-state index contributed by atoms with van der Waals surface area (Å²) < 4.78 is 4.90. The number of carbonyl (C=O) groups excluding carboxylic acids is 3. The molecule has 0 unspecified atom stereocenters. The van der Waals surface area contributed by atoms with Gasteiger partial charge in [-0.25, -0.2) is 0 Å². The van der Waals surface area contributed by atoms with Gasteiger partial charge in [-0.3, -0.25) is 14.4 Å². The maximum atomic E-state index is 12.1. The van der Waals surface area contributed by atoms with Gasteiger partial charge in [-0.2, -0.15) is 0 Å². The lowest BCUT2D eigenvalue weighted by molar-refractivity contribution is -0.144. The van der Waals surface area contributed by atoms with E-state index in [-0.39, 0.29) is 35.3 Å². The highest BCUT2D eigenvalue weighted by Gasteiger charge is 2.15. The van der Waals surface area contributed by atoms with Crippen LogP contribution in [-0.2, 0) is 14.3 Å². The Morgan fingerprint density at radius 3 is 2.26 bits per heavy atom. The second-order valence-corrected chi connectivity index (χ2v) is 7.41. The standard InChI is InChI=1S/C19H27N3O4S/c1-5-12-26-16(24)11-10-15(23)21-18(27)20-14-8-6-13(7-9-14)17(25)22-19(2,3)4/h6-9H,5,10-12H2,1-4H3,(H,22,25)(H2,20,21,23,27). The van der Waals surface area contributed by atoms with Gasteiger partial charge in [-0.1, -0.05) is 6.92 Å². The number of hydrogen-bond donors (Lipinski definition) is 3. The van der Waals surface area contributed by atoms with Crippen molar-refractivity contribution in [3.63, 3.8) is 0 Å². The van der Waals surface area contributed by atoms with Gasteiger partial charge in [0, 0.05) is 23.2 Å². The molecule has 0 saturated heterocycles. The number of nitrogens with one attached hydrogen (secondary N) is 3. The molecule has 0 heterocycles. The lowest BCUT2D eigenvalue weighted by Gasteiger charge is -2.20. The lowest BCUT2D eigenvalue weighted by atomic mass is 10.1. The van der Waals surface area contributed by atoms with Crippen molar-refractivity contribution >= 4 is 40.8 Å². The number of amides is 2. The van der Waals surface area contributed by atoms with Gasteiger partial charge in [0.1, 0.15) is 0 Å². The summed E-state index contributed by atoms with van der Waals surface area (Å²) in [6.07, 6.45) is 0.741. The molecular formula is C19H27N3O4S. The molecular weight excluding hydrogens is 366 g/mol. The molecule has 3 N–H and O–H groups in total. The molecule has 0 aromatic heterocycles. The van der Waals surface area contributed by atoms with Crippen LogP contribution in [0.3, 0.4) is 0 Å². The second-order valence-electron chi connectivity index (χ2n) is 7.00. The predicted octanol–water partition coefficient (Wildman–Crippen LogP) is 2.76. The molecule has 8 heteroatoms. The van der Waals surface area contributed by atoms with Crippen LogP contribution in [0.1, 0.15) is 57.3 Å². The summed E-state index contributed by atoms with van der Waals surface area (Å²) in [7, 11) is 0. The van der Waals surface area contributed by atoms with Crippen molar-refractivity contribution in [1.82, 2.24) is 10.6 Å². The van der Waals surface area contributed by atoms with E-state index in [9.17, 15) is 14.4 Å². The van der Waals surface area contributed by atoms with Crippen molar-refractivity contribution in [2.24, 2.45) is 0 Å². The number of thiocarbonyl (C=S) groups is 1. The van der Waals surface area contributed by atoms with Crippen LogP contribution in [0.5, 0.6) is 0 Å². The first-order valence-electron chi connectivity index (χ1n) is 8.79. The molecule has 2 amide bonds. The van der Waals surface area contributed by atoms with Gasteiger partial charge < -0.3 is 20.7 Å². The molecule has 1 aromatic rings. The fourth-order valence-electron chi connectivity index (χ4n) is 1.97. The smallest absolute Gasteiger partial charge is 0.306 e. The van der Waals surface area contributed by atoms with Gasteiger partial charge in [0.15, 0.2) is 5.11 Å². The summed E-state index contributed by atoms with van der Waals surface area (Å²) in [4.78, 5) is 35.3. The number of anilines is 1. The third-order valence-corrected chi connectivity index (χ3v) is 3.37. The van der Waals surface area contributed by atoms with E-state index in [0.717, 1.165) is 6.42 Å². The van der Waals surface area contributed by atoms with Gasteiger partial charge >= 0.3 is 5.97 Å². The summed E-state index contributed by atoms with van der Waals surface area (Å²) in [6, 6.07) is 6.71. The highest BCUT2D eigenvalue weighted by atomic mass is 32.1. The summed E-state index contributed by atoms with van der Waals surface area (Å²) in [5.41, 5.74) is 0.842. The Morgan fingerprint density at radius 2 is 1.70 bits per heavy atom. The molecule has 27 heavy (non-hydrogen) atoms. The van der Waals surface area contributed by atoms with Crippen LogP contribution in [0.25, 0.3) is 0 Å². The summed E-state index contributed by atoms with van der Waals surface area (Å²) in [5, 5.41) is 8.36. The normalized spacial score (nSPS) is 10.7. The molecule has 1 rings (SSSR count). The van der Waals surface area contributed by atoms with Crippen LogP contribution in [-0.4, -0.2) is 35.0 Å².